The minimum absolute atomic E-state index is 0.665. The van der Waals surface area contributed by atoms with Gasteiger partial charge >= 0.3 is 0 Å². The van der Waals surface area contributed by atoms with E-state index in [4.69, 9.17) is 9.97 Å². The fourth-order valence-electron chi connectivity index (χ4n) is 7.85. The molecule has 11 rings (SSSR count). The van der Waals surface area contributed by atoms with E-state index >= 15 is 0 Å². The summed E-state index contributed by atoms with van der Waals surface area (Å²) in [6.07, 6.45) is 0. The molecule has 0 spiro atoms. The lowest BCUT2D eigenvalue weighted by atomic mass is 10.1. The van der Waals surface area contributed by atoms with Crippen LogP contribution in [0.4, 0.5) is 0 Å². The minimum Gasteiger partial charge on any atom is -0.309 e. The smallest absolute Gasteiger partial charge is 0.235 e. The molecule has 0 bridgehead atoms. The number of thiophene rings is 1. The van der Waals surface area contributed by atoms with Crippen molar-refractivity contribution in [3.63, 3.8) is 0 Å². The van der Waals surface area contributed by atoms with Crippen molar-refractivity contribution in [2.45, 2.75) is 0 Å². The third-order valence-corrected chi connectivity index (χ3v) is 11.3. The molecule has 0 amide bonds. The molecule has 4 aromatic heterocycles. The van der Waals surface area contributed by atoms with Crippen molar-refractivity contribution in [2.75, 3.05) is 0 Å². The highest BCUT2D eigenvalue weighted by atomic mass is 32.1. The second kappa shape index (κ2) is 11.0. The molecule has 0 saturated heterocycles. The van der Waals surface area contributed by atoms with E-state index in [1.165, 1.54) is 52.8 Å². The molecule has 0 saturated carbocycles. The number of hydrogen-bond donors (Lipinski definition) is 0. The lowest BCUT2D eigenvalue weighted by molar-refractivity contribution is 0.998. The number of aromatic nitrogens is 4. The molecule has 0 aliphatic heterocycles. The van der Waals surface area contributed by atoms with Gasteiger partial charge in [0.05, 0.1) is 38.2 Å². The van der Waals surface area contributed by atoms with Crippen LogP contribution in [-0.4, -0.2) is 19.1 Å². The van der Waals surface area contributed by atoms with E-state index in [2.05, 4.69) is 167 Å². The normalized spacial score (nSPS) is 11.9. The van der Waals surface area contributed by atoms with Crippen LogP contribution in [0.15, 0.2) is 170 Å². The second-order valence-electron chi connectivity index (χ2n) is 13.0. The molecule has 0 radical (unpaired) electrons. The average molecular weight is 669 g/mol. The van der Waals surface area contributed by atoms with Gasteiger partial charge in [-0.05, 0) is 42.5 Å². The molecule has 4 nitrogen and oxygen atoms in total. The van der Waals surface area contributed by atoms with Gasteiger partial charge in [0.2, 0.25) is 5.95 Å². The largest absolute Gasteiger partial charge is 0.309 e. The lowest BCUT2D eigenvalue weighted by Crippen LogP contribution is -2.04. The van der Waals surface area contributed by atoms with Crippen LogP contribution in [0.1, 0.15) is 0 Å². The third kappa shape index (κ3) is 4.25. The summed E-state index contributed by atoms with van der Waals surface area (Å²) < 4.78 is 7.18. The molecule has 0 N–H and O–H groups in total. The molecule has 5 heteroatoms. The van der Waals surface area contributed by atoms with Gasteiger partial charge in [-0.3, -0.25) is 4.57 Å². The number of para-hydroxylation sites is 3. The van der Waals surface area contributed by atoms with Gasteiger partial charge in [0, 0.05) is 53.8 Å². The molecule has 0 aliphatic carbocycles. The van der Waals surface area contributed by atoms with Crippen LogP contribution >= 0.6 is 11.3 Å². The topological polar surface area (TPSA) is 35.6 Å². The summed E-state index contributed by atoms with van der Waals surface area (Å²) in [4.78, 5) is 10.6. The van der Waals surface area contributed by atoms with Gasteiger partial charge < -0.3 is 4.57 Å². The predicted molar refractivity (Wildman–Crippen MR) is 214 cm³/mol. The van der Waals surface area contributed by atoms with E-state index in [0.717, 1.165) is 39.2 Å². The molecular formula is C46H28N4S. The molecule has 0 aliphatic rings. The van der Waals surface area contributed by atoms with Crippen molar-refractivity contribution in [1.29, 1.82) is 0 Å². The van der Waals surface area contributed by atoms with Gasteiger partial charge in [0.15, 0.2) is 0 Å². The Hall–Kier alpha value is -6.56. The summed E-state index contributed by atoms with van der Waals surface area (Å²) in [7, 11) is 0. The van der Waals surface area contributed by atoms with Gasteiger partial charge in [-0.15, -0.1) is 11.3 Å². The van der Waals surface area contributed by atoms with Crippen molar-refractivity contribution >= 4 is 75.1 Å². The van der Waals surface area contributed by atoms with E-state index in [0.29, 0.717) is 5.95 Å². The summed E-state index contributed by atoms with van der Waals surface area (Å²) in [6, 6.07) is 60.4. The van der Waals surface area contributed by atoms with E-state index in [1.807, 2.05) is 23.5 Å². The first-order chi connectivity index (χ1) is 25.3. The average Bonchev–Trinajstić information content (AvgIpc) is 3.85. The van der Waals surface area contributed by atoms with Crippen LogP contribution in [0.3, 0.4) is 0 Å². The number of fused-ring (bicyclic) bond motifs is 10. The molecular weight excluding hydrogens is 641 g/mol. The van der Waals surface area contributed by atoms with Crippen molar-refractivity contribution < 1.29 is 0 Å². The number of hydrogen-bond acceptors (Lipinski definition) is 3. The minimum atomic E-state index is 0.665. The zero-order valence-corrected chi connectivity index (χ0v) is 28.2. The van der Waals surface area contributed by atoms with Crippen molar-refractivity contribution in [2.24, 2.45) is 0 Å². The molecule has 11 aromatic rings. The molecule has 4 heterocycles. The Bertz CT molecular complexity index is 3060. The van der Waals surface area contributed by atoms with Gasteiger partial charge in [-0.25, -0.2) is 9.97 Å². The van der Waals surface area contributed by atoms with Gasteiger partial charge in [-0.2, -0.15) is 0 Å². The highest BCUT2D eigenvalue weighted by Gasteiger charge is 2.22. The monoisotopic (exact) mass is 668 g/mol. The molecule has 7 aromatic carbocycles. The fraction of sp³-hybridized carbons (Fsp3) is 0. The van der Waals surface area contributed by atoms with Gasteiger partial charge in [0.1, 0.15) is 0 Å². The second-order valence-corrected chi connectivity index (χ2v) is 14.1. The maximum absolute atomic E-state index is 5.30. The zero-order chi connectivity index (χ0) is 33.5. The quantitative estimate of drug-likeness (QED) is 0.187. The molecule has 0 unspecified atom stereocenters. The van der Waals surface area contributed by atoms with Crippen LogP contribution in [0.25, 0.3) is 97.9 Å². The first-order valence-corrected chi connectivity index (χ1v) is 18.0. The molecule has 238 valence electrons. The highest BCUT2D eigenvalue weighted by Crippen LogP contribution is 2.45. The van der Waals surface area contributed by atoms with E-state index < -0.39 is 0 Å². The predicted octanol–water partition coefficient (Wildman–Crippen LogP) is 12.4. The van der Waals surface area contributed by atoms with E-state index in [9.17, 15) is 0 Å². The maximum Gasteiger partial charge on any atom is 0.235 e. The SMILES string of the molecule is c1ccc(-c2cc(-c3ccccc3)nc(-n3c4ccccc4c4ccc5c6cc7c8ccccc8n(-c8ccccc8)c7cc6sc5c43)n2)cc1. The first-order valence-electron chi connectivity index (χ1n) is 17.2. The standard InChI is InChI=1S/C46H28N4S/c1-4-14-29(15-5-1)38-27-39(30-16-6-2-7-17-30)48-46(47-38)50-41-23-13-10-20-32(41)34-24-25-35-37-26-36-33-21-11-12-22-40(33)49(31-18-8-3-9-19-31)42(36)28-43(37)51-45(35)44(34)50/h1-28H. The Labute approximate surface area is 297 Å². The van der Waals surface area contributed by atoms with Crippen molar-refractivity contribution in [3.05, 3.63) is 170 Å². The summed E-state index contributed by atoms with van der Waals surface area (Å²) in [5.41, 5.74) is 9.73. The zero-order valence-electron chi connectivity index (χ0n) is 27.4. The Kier molecular flexibility index (Phi) is 6.09. The van der Waals surface area contributed by atoms with Gasteiger partial charge in [0.25, 0.3) is 0 Å². The summed E-state index contributed by atoms with van der Waals surface area (Å²) in [5.74, 6) is 0.665. The third-order valence-electron chi connectivity index (χ3n) is 10.1. The van der Waals surface area contributed by atoms with Crippen molar-refractivity contribution in [1.82, 2.24) is 19.1 Å². The van der Waals surface area contributed by atoms with Crippen LogP contribution in [0, 0.1) is 0 Å². The molecule has 0 atom stereocenters. The van der Waals surface area contributed by atoms with Crippen LogP contribution in [-0.2, 0) is 0 Å². The number of rotatable bonds is 4. The summed E-state index contributed by atoms with van der Waals surface area (Å²) in [5, 5.41) is 7.41. The highest BCUT2D eigenvalue weighted by molar-refractivity contribution is 7.26. The lowest BCUT2D eigenvalue weighted by Gasteiger charge is -2.12. The Morgan fingerprint density at radius 1 is 0.392 bits per heavy atom. The Morgan fingerprint density at radius 3 is 1.61 bits per heavy atom. The Morgan fingerprint density at radius 2 is 0.941 bits per heavy atom. The Balaban J connectivity index is 1.25. The van der Waals surface area contributed by atoms with Crippen LogP contribution in [0.2, 0.25) is 0 Å². The fourth-order valence-corrected chi connectivity index (χ4v) is 9.11. The molecule has 51 heavy (non-hydrogen) atoms. The van der Waals surface area contributed by atoms with Gasteiger partial charge in [-0.1, -0.05) is 127 Å². The number of nitrogens with zero attached hydrogens (tertiary/aromatic N) is 4. The van der Waals surface area contributed by atoms with Crippen LogP contribution in [0.5, 0.6) is 0 Å². The summed E-state index contributed by atoms with van der Waals surface area (Å²) >= 11 is 1.86. The summed E-state index contributed by atoms with van der Waals surface area (Å²) in [6.45, 7) is 0. The number of benzene rings is 7. The van der Waals surface area contributed by atoms with Crippen LogP contribution < -0.4 is 0 Å². The van der Waals surface area contributed by atoms with Crippen molar-refractivity contribution in [3.8, 4) is 34.2 Å². The first kappa shape index (κ1) is 28.3. The van der Waals surface area contributed by atoms with E-state index in [-0.39, 0.29) is 0 Å². The maximum atomic E-state index is 5.30. The van der Waals surface area contributed by atoms with E-state index in [1.54, 1.807) is 0 Å². The molecule has 0 fully saturated rings.